The lowest BCUT2D eigenvalue weighted by molar-refractivity contribution is -0.0987. The molecule has 0 aromatic rings. The van der Waals surface area contributed by atoms with Gasteiger partial charge in [-0.1, -0.05) is 5.16 Å². The molecule has 1 unspecified atom stereocenters. The molecule has 4 aliphatic rings. The maximum Gasteiger partial charge on any atom is 0.101 e. The zero-order chi connectivity index (χ0) is 11.3. The minimum atomic E-state index is -0.522. The van der Waals surface area contributed by atoms with Gasteiger partial charge in [0, 0.05) is 5.41 Å². The van der Waals surface area contributed by atoms with Crippen LogP contribution in [0.2, 0.25) is 0 Å². The zero-order valence-corrected chi connectivity index (χ0v) is 9.89. The third kappa shape index (κ3) is 1.41. The van der Waals surface area contributed by atoms with Gasteiger partial charge in [0.25, 0.3) is 0 Å². The molecule has 0 amide bonds. The van der Waals surface area contributed by atoms with Crippen LogP contribution >= 0.6 is 0 Å². The standard InChI is InChI=1S/C13H21NO2/c1-8(14-16)12(15)13-5-9-2-10(6-13)4-11(3-9)7-13/h9-12,15-16H,2-7H2,1H3/b14-8-. The van der Waals surface area contributed by atoms with E-state index in [9.17, 15) is 5.11 Å². The molecule has 4 rings (SSSR count). The highest BCUT2D eigenvalue weighted by Gasteiger charge is 2.54. The molecule has 4 aliphatic carbocycles. The lowest BCUT2D eigenvalue weighted by Crippen LogP contribution is -2.53. The summed E-state index contributed by atoms with van der Waals surface area (Å²) in [6.45, 7) is 1.74. The topological polar surface area (TPSA) is 52.8 Å². The molecule has 0 aromatic carbocycles. The number of hydrogen-bond donors (Lipinski definition) is 2. The largest absolute Gasteiger partial charge is 0.411 e. The molecular weight excluding hydrogens is 202 g/mol. The van der Waals surface area contributed by atoms with Crippen LogP contribution in [0.3, 0.4) is 0 Å². The second-order valence-corrected chi connectivity index (χ2v) is 6.42. The highest BCUT2D eigenvalue weighted by atomic mass is 16.4. The van der Waals surface area contributed by atoms with Crippen LogP contribution in [0.1, 0.15) is 45.4 Å². The summed E-state index contributed by atoms with van der Waals surface area (Å²) in [7, 11) is 0. The van der Waals surface area contributed by atoms with E-state index in [1.165, 1.54) is 19.3 Å². The fraction of sp³-hybridized carbons (Fsp3) is 0.923. The van der Waals surface area contributed by atoms with Crippen molar-refractivity contribution in [3.63, 3.8) is 0 Å². The molecule has 3 nitrogen and oxygen atoms in total. The van der Waals surface area contributed by atoms with Crippen molar-refractivity contribution in [1.82, 2.24) is 0 Å². The highest BCUT2D eigenvalue weighted by molar-refractivity contribution is 5.86. The summed E-state index contributed by atoms with van der Waals surface area (Å²) < 4.78 is 0. The van der Waals surface area contributed by atoms with E-state index in [1.54, 1.807) is 6.92 Å². The molecule has 0 heterocycles. The predicted molar refractivity (Wildman–Crippen MR) is 61.5 cm³/mol. The predicted octanol–water partition coefficient (Wildman–Crippen LogP) is 2.41. The van der Waals surface area contributed by atoms with Gasteiger partial charge in [-0.15, -0.1) is 0 Å². The van der Waals surface area contributed by atoms with Gasteiger partial charge in [-0.05, 0) is 63.2 Å². The van der Waals surface area contributed by atoms with Crippen molar-refractivity contribution in [3.8, 4) is 0 Å². The minimum Gasteiger partial charge on any atom is -0.411 e. The first-order valence-electron chi connectivity index (χ1n) is 6.49. The summed E-state index contributed by atoms with van der Waals surface area (Å²) >= 11 is 0. The lowest BCUT2D eigenvalue weighted by atomic mass is 9.48. The molecule has 0 saturated heterocycles. The third-order valence-electron chi connectivity index (χ3n) is 5.22. The molecule has 3 heteroatoms. The molecule has 0 aliphatic heterocycles. The first kappa shape index (κ1) is 10.6. The SMILES string of the molecule is C/C(=N/O)C(O)C12CC3CC(CC(C3)C1)C2. The molecular formula is C13H21NO2. The molecule has 1 atom stereocenters. The summed E-state index contributed by atoms with van der Waals surface area (Å²) in [4.78, 5) is 0. The van der Waals surface area contributed by atoms with Crippen molar-refractivity contribution in [2.24, 2.45) is 28.3 Å². The Labute approximate surface area is 96.5 Å². The van der Waals surface area contributed by atoms with Gasteiger partial charge in [0.2, 0.25) is 0 Å². The van der Waals surface area contributed by atoms with E-state index in [4.69, 9.17) is 5.21 Å². The number of aliphatic hydroxyl groups excluding tert-OH is 1. The lowest BCUT2D eigenvalue weighted by Gasteiger charge is -2.58. The Kier molecular flexibility index (Phi) is 2.29. The van der Waals surface area contributed by atoms with Crippen molar-refractivity contribution < 1.29 is 10.3 Å². The van der Waals surface area contributed by atoms with Gasteiger partial charge in [-0.2, -0.15) is 0 Å². The summed E-state index contributed by atoms with van der Waals surface area (Å²) in [5.74, 6) is 2.48. The summed E-state index contributed by atoms with van der Waals surface area (Å²) in [5, 5.41) is 22.4. The molecule has 0 spiro atoms. The van der Waals surface area contributed by atoms with Gasteiger partial charge in [0.05, 0.1) is 5.71 Å². The van der Waals surface area contributed by atoms with E-state index in [1.807, 2.05) is 0 Å². The zero-order valence-electron chi connectivity index (χ0n) is 9.89. The van der Waals surface area contributed by atoms with E-state index in [-0.39, 0.29) is 5.41 Å². The fourth-order valence-corrected chi connectivity index (χ4v) is 5.01. The molecule has 2 N–H and O–H groups in total. The van der Waals surface area contributed by atoms with Gasteiger partial charge in [-0.25, -0.2) is 0 Å². The molecule has 90 valence electrons. The molecule has 0 aromatic heterocycles. The van der Waals surface area contributed by atoms with Crippen LogP contribution in [-0.4, -0.2) is 22.1 Å². The van der Waals surface area contributed by atoms with Gasteiger partial charge in [0.15, 0.2) is 0 Å². The summed E-state index contributed by atoms with van der Waals surface area (Å²) in [6, 6.07) is 0. The van der Waals surface area contributed by atoms with E-state index in [0.29, 0.717) is 5.71 Å². The van der Waals surface area contributed by atoms with E-state index in [2.05, 4.69) is 5.16 Å². The Morgan fingerprint density at radius 3 is 1.94 bits per heavy atom. The second-order valence-electron chi connectivity index (χ2n) is 6.42. The van der Waals surface area contributed by atoms with Crippen molar-refractivity contribution in [1.29, 1.82) is 0 Å². The Balaban J connectivity index is 1.88. The fourth-order valence-electron chi connectivity index (χ4n) is 5.01. The Hall–Kier alpha value is -0.570. The molecule has 4 saturated carbocycles. The number of hydrogen-bond acceptors (Lipinski definition) is 3. The average molecular weight is 223 g/mol. The highest BCUT2D eigenvalue weighted by Crippen LogP contribution is 2.61. The van der Waals surface area contributed by atoms with Gasteiger partial charge in [0.1, 0.15) is 6.10 Å². The quantitative estimate of drug-likeness (QED) is 0.429. The number of nitrogens with zero attached hydrogens (tertiary/aromatic N) is 1. The van der Waals surface area contributed by atoms with Crippen LogP contribution in [0.25, 0.3) is 0 Å². The Morgan fingerprint density at radius 1 is 1.12 bits per heavy atom. The minimum absolute atomic E-state index is 0.0467. The van der Waals surface area contributed by atoms with Crippen LogP contribution < -0.4 is 0 Å². The average Bonchev–Trinajstić information content (AvgIpc) is 2.25. The second kappa shape index (κ2) is 3.46. The van der Waals surface area contributed by atoms with E-state index < -0.39 is 6.10 Å². The maximum atomic E-state index is 10.4. The first-order chi connectivity index (χ1) is 7.63. The molecule has 4 bridgehead atoms. The third-order valence-corrected chi connectivity index (χ3v) is 5.22. The van der Waals surface area contributed by atoms with Crippen molar-refractivity contribution in [3.05, 3.63) is 0 Å². The number of oxime groups is 1. The first-order valence-corrected chi connectivity index (χ1v) is 6.49. The Bertz CT molecular complexity index is 289. The van der Waals surface area contributed by atoms with Crippen LogP contribution in [0.5, 0.6) is 0 Å². The Morgan fingerprint density at radius 2 is 1.56 bits per heavy atom. The monoisotopic (exact) mass is 223 g/mol. The number of rotatable bonds is 2. The summed E-state index contributed by atoms with van der Waals surface area (Å²) in [6.07, 6.45) is 7.04. The van der Waals surface area contributed by atoms with E-state index in [0.717, 1.165) is 37.0 Å². The number of aliphatic hydroxyl groups is 1. The smallest absolute Gasteiger partial charge is 0.101 e. The van der Waals surface area contributed by atoms with Gasteiger partial charge < -0.3 is 10.3 Å². The maximum absolute atomic E-state index is 10.4. The summed E-state index contributed by atoms with van der Waals surface area (Å²) in [5.41, 5.74) is 0.548. The van der Waals surface area contributed by atoms with Crippen LogP contribution in [0.15, 0.2) is 5.16 Å². The molecule has 4 fully saturated rings. The molecule has 0 radical (unpaired) electrons. The van der Waals surface area contributed by atoms with Gasteiger partial charge >= 0.3 is 0 Å². The normalized spacial score (nSPS) is 48.4. The van der Waals surface area contributed by atoms with Crippen LogP contribution in [-0.2, 0) is 0 Å². The molecule has 16 heavy (non-hydrogen) atoms. The van der Waals surface area contributed by atoms with Crippen LogP contribution in [0, 0.1) is 23.2 Å². The van der Waals surface area contributed by atoms with Crippen LogP contribution in [0.4, 0.5) is 0 Å². The van der Waals surface area contributed by atoms with E-state index >= 15 is 0 Å². The van der Waals surface area contributed by atoms with Crippen molar-refractivity contribution >= 4 is 5.71 Å². The van der Waals surface area contributed by atoms with Gasteiger partial charge in [-0.3, -0.25) is 0 Å². The van der Waals surface area contributed by atoms with Crippen molar-refractivity contribution in [2.75, 3.05) is 0 Å². The van der Waals surface area contributed by atoms with Crippen molar-refractivity contribution in [2.45, 2.75) is 51.6 Å².